The lowest BCUT2D eigenvalue weighted by molar-refractivity contribution is 0.102. The van der Waals surface area contributed by atoms with Crippen LogP contribution in [0.2, 0.25) is 0 Å². The van der Waals surface area contributed by atoms with Crippen LogP contribution in [0.5, 0.6) is 0 Å². The maximum absolute atomic E-state index is 11.6. The molecule has 4 nitrogen and oxygen atoms in total. The summed E-state index contributed by atoms with van der Waals surface area (Å²) in [6.07, 6.45) is 0. The summed E-state index contributed by atoms with van der Waals surface area (Å²) in [5.41, 5.74) is 1.56. The zero-order valence-corrected chi connectivity index (χ0v) is 10.3. The number of fused-ring (bicyclic) bond motifs is 1. The second-order valence-corrected chi connectivity index (χ2v) is 4.34. The molecule has 0 aliphatic heterocycles. The van der Waals surface area contributed by atoms with Crippen LogP contribution in [0.3, 0.4) is 0 Å². The third-order valence-corrected chi connectivity index (χ3v) is 2.82. The number of rotatable bonds is 3. The van der Waals surface area contributed by atoms with Gasteiger partial charge in [0.15, 0.2) is 11.4 Å². The first-order valence-corrected chi connectivity index (χ1v) is 5.82. The van der Waals surface area contributed by atoms with Crippen molar-refractivity contribution >= 4 is 28.5 Å². The summed E-state index contributed by atoms with van der Waals surface area (Å²) in [5.74, 6) is -0.681. The molecule has 17 heavy (non-hydrogen) atoms. The van der Waals surface area contributed by atoms with Crippen molar-refractivity contribution in [3.63, 3.8) is 0 Å². The van der Waals surface area contributed by atoms with Crippen molar-refractivity contribution < 1.29 is 9.21 Å². The van der Waals surface area contributed by atoms with Gasteiger partial charge in [-0.2, -0.15) is 0 Å². The minimum atomic E-state index is -0.412. The van der Waals surface area contributed by atoms with Crippen LogP contribution in [0.1, 0.15) is 30.2 Å². The van der Waals surface area contributed by atoms with Crippen molar-refractivity contribution in [1.29, 1.82) is 0 Å². The standard InChI is InChI=1S/C12H12ClNO3/c1-7(2)14-9-4-3-8(10(15)6-13)5-11(9)17-12(14)16/h3-5,7H,6H2,1-2H3. The molecule has 0 saturated heterocycles. The fourth-order valence-electron chi connectivity index (χ4n) is 1.78. The highest BCUT2D eigenvalue weighted by Crippen LogP contribution is 2.18. The number of hydrogen-bond donors (Lipinski definition) is 0. The van der Waals surface area contributed by atoms with Crippen LogP contribution in [-0.2, 0) is 0 Å². The van der Waals surface area contributed by atoms with Gasteiger partial charge in [0.05, 0.1) is 11.4 Å². The van der Waals surface area contributed by atoms with E-state index in [1.807, 2.05) is 13.8 Å². The molecule has 1 aromatic heterocycles. The zero-order chi connectivity index (χ0) is 12.6. The summed E-state index contributed by atoms with van der Waals surface area (Å²) in [5, 5.41) is 0. The van der Waals surface area contributed by atoms with Crippen LogP contribution in [-0.4, -0.2) is 16.2 Å². The van der Waals surface area contributed by atoms with Crippen LogP contribution in [0.25, 0.3) is 11.1 Å². The van der Waals surface area contributed by atoms with E-state index in [4.69, 9.17) is 16.0 Å². The molecule has 1 aromatic carbocycles. The van der Waals surface area contributed by atoms with Gasteiger partial charge in [0.1, 0.15) is 0 Å². The Balaban J connectivity index is 2.66. The Morgan fingerprint density at radius 1 is 1.47 bits per heavy atom. The molecule has 0 aliphatic rings. The maximum Gasteiger partial charge on any atom is 0.420 e. The summed E-state index contributed by atoms with van der Waals surface area (Å²) in [6.45, 7) is 3.79. The van der Waals surface area contributed by atoms with E-state index in [0.717, 1.165) is 0 Å². The molecule has 0 unspecified atom stereocenters. The van der Waals surface area contributed by atoms with Gasteiger partial charge in [-0.1, -0.05) is 0 Å². The minimum Gasteiger partial charge on any atom is -0.408 e. The van der Waals surface area contributed by atoms with Gasteiger partial charge in [0.25, 0.3) is 0 Å². The molecule has 0 saturated carbocycles. The fourth-order valence-corrected chi connectivity index (χ4v) is 1.93. The van der Waals surface area contributed by atoms with Gasteiger partial charge < -0.3 is 4.42 Å². The Morgan fingerprint density at radius 3 is 2.76 bits per heavy atom. The summed E-state index contributed by atoms with van der Waals surface area (Å²) in [6, 6.07) is 4.93. The number of ketones is 1. The SMILES string of the molecule is CC(C)n1c(=O)oc2cc(C(=O)CCl)ccc21. The average molecular weight is 254 g/mol. The minimum absolute atomic E-state index is 0.0123. The van der Waals surface area contributed by atoms with Gasteiger partial charge in [-0.25, -0.2) is 4.79 Å². The van der Waals surface area contributed by atoms with Gasteiger partial charge in [0.2, 0.25) is 0 Å². The summed E-state index contributed by atoms with van der Waals surface area (Å²) < 4.78 is 6.65. The summed E-state index contributed by atoms with van der Waals surface area (Å²) in [7, 11) is 0. The van der Waals surface area contributed by atoms with Crippen molar-refractivity contribution in [2.75, 3.05) is 5.88 Å². The Labute approximate surface area is 103 Å². The van der Waals surface area contributed by atoms with Crippen molar-refractivity contribution in [1.82, 2.24) is 4.57 Å². The van der Waals surface area contributed by atoms with Crippen LogP contribution >= 0.6 is 11.6 Å². The van der Waals surface area contributed by atoms with Crippen LogP contribution < -0.4 is 5.76 Å². The molecule has 0 atom stereocenters. The first-order valence-electron chi connectivity index (χ1n) is 5.29. The average Bonchev–Trinajstić information content (AvgIpc) is 2.62. The molecular formula is C12H12ClNO3. The number of carbonyl (C=O) groups is 1. The highest BCUT2D eigenvalue weighted by molar-refractivity contribution is 6.30. The number of halogens is 1. The normalized spacial score (nSPS) is 11.3. The first kappa shape index (κ1) is 11.9. The van der Waals surface area contributed by atoms with E-state index in [9.17, 15) is 9.59 Å². The molecule has 0 aliphatic carbocycles. The molecule has 0 bridgehead atoms. The Hall–Kier alpha value is -1.55. The van der Waals surface area contributed by atoms with Gasteiger partial charge >= 0.3 is 5.76 Å². The van der Waals surface area contributed by atoms with E-state index in [1.54, 1.807) is 22.8 Å². The molecule has 0 radical (unpaired) electrons. The van der Waals surface area contributed by atoms with Gasteiger partial charge in [0, 0.05) is 11.6 Å². The van der Waals surface area contributed by atoms with Gasteiger partial charge in [-0.05, 0) is 32.0 Å². The molecule has 5 heteroatoms. The number of carbonyl (C=O) groups excluding carboxylic acids is 1. The molecule has 0 spiro atoms. The van der Waals surface area contributed by atoms with Crippen LogP contribution in [0.4, 0.5) is 0 Å². The third-order valence-electron chi connectivity index (χ3n) is 2.57. The Bertz CT molecular complexity index is 624. The quantitative estimate of drug-likeness (QED) is 0.624. The monoisotopic (exact) mass is 253 g/mol. The Morgan fingerprint density at radius 2 is 2.18 bits per heavy atom. The van der Waals surface area contributed by atoms with Crippen molar-refractivity contribution in [3.05, 3.63) is 34.3 Å². The first-order chi connectivity index (χ1) is 8.04. The second kappa shape index (κ2) is 4.37. The molecule has 0 fully saturated rings. The number of hydrogen-bond acceptors (Lipinski definition) is 3. The predicted octanol–water partition coefficient (Wildman–Crippen LogP) is 2.60. The number of aromatic nitrogens is 1. The molecule has 2 aromatic rings. The Kier molecular flexibility index (Phi) is 3.07. The van der Waals surface area contributed by atoms with Crippen LogP contribution in [0, 0.1) is 0 Å². The highest BCUT2D eigenvalue weighted by Gasteiger charge is 2.13. The van der Waals surface area contributed by atoms with Crippen molar-refractivity contribution in [3.8, 4) is 0 Å². The lowest BCUT2D eigenvalue weighted by Gasteiger charge is -2.05. The molecule has 1 heterocycles. The third kappa shape index (κ3) is 2.00. The zero-order valence-electron chi connectivity index (χ0n) is 9.57. The van der Waals surface area contributed by atoms with Gasteiger partial charge in [-0.15, -0.1) is 11.6 Å². The van der Waals surface area contributed by atoms with E-state index in [2.05, 4.69) is 0 Å². The molecule has 2 rings (SSSR count). The van der Waals surface area contributed by atoms with Crippen molar-refractivity contribution in [2.24, 2.45) is 0 Å². The van der Waals surface area contributed by atoms with E-state index >= 15 is 0 Å². The van der Waals surface area contributed by atoms with E-state index in [1.165, 1.54) is 0 Å². The van der Waals surface area contributed by atoms with Gasteiger partial charge in [-0.3, -0.25) is 9.36 Å². The summed E-state index contributed by atoms with van der Waals surface area (Å²) >= 11 is 5.48. The largest absolute Gasteiger partial charge is 0.420 e. The summed E-state index contributed by atoms with van der Waals surface area (Å²) in [4.78, 5) is 23.0. The molecule has 90 valence electrons. The lowest BCUT2D eigenvalue weighted by Crippen LogP contribution is -2.15. The molecular weight excluding hydrogens is 242 g/mol. The van der Waals surface area contributed by atoms with E-state index in [0.29, 0.717) is 16.7 Å². The fraction of sp³-hybridized carbons (Fsp3) is 0.333. The predicted molar refractivity (Wildman–Crippen MR) is 65.9 cm³/mol. The lowest BCUT2D eigenvalue weighted by atomic mass is 10.1. The van der Waals surface area contributed by atoms with Crippen molar-refractivity contribution in [2.45, 2.75) is 19.9 Å². The second-order valence-electron chi connectivity index (χ2n) is 4.07. The molecule has 0 amide bonds. The maximum atomic E-state index is 11.6. The van der Waals surface area contributed by atoms with Crippen LogP contribution in [0.15, 0.2) is 27.4 Å². The highest BCUT2D eigenvalue weighted by atomic mass is 35.5. The number of Topliss-reactive ketones (excluding diaryl/α,β-unsaturated/α-hetero) is 1. The number of alkyl halides is 1. The number of benzene rings is 1. The number of nitrogens with zero attached hydrogens (tertiary/aromatic N) is 1. The van der Waals surface area contributed by atoms with E-state index < -0.39 is 5.76 Å². The smallest absolute Gasteiger partial charge is 0.408 e. The number of oxazole rings is 1. The van der Waals surface area contributed by atoms with E-state index in [-0.39, 0.29) is 17.7 Å². The topological polar surface area (TPSA) is 52.2 Å². The molecule has 0 N–H and O–H groups in total.